The van der Waals surface area contributed by atoms with Crippen LogP contribution in [-0.4, -0.2) is 14.7 Å². The molecule has 144 valence electrons. The third kappa shape index (κ3) is 4.77. The molecule has 0 aliphatic heterocycles. The minimum Gasteiger partial charge on any atom is -0.265 e. The molecule has 0 N–H and O–H groups in total. The highest BCUT2D eigenvalue weighted by atomic mass is 32.2. The van der Waals surface area contributed by atoms with E-state index < -0.39 is 10.1 Å². The van der Waals surface area contributed by atoms with Gasteiger partial charge in [0.25, 0.3) is 10.1 Å². The topological polar surface area (TPSA) is 43.4 Å². The second-order valence-corrected chi connectivity index (χ2v) is 8.44. The molecule has 4 aromatic rings. The zero-order chi connectivity index (χ0) is 20.1. The van der Waals surface area contributed by atoms with Crippen LogP contribution in [0.5, 0.6) is 0 Å². The van der Waals surface area contributed by atoms with Crippen molar-refractivity contribution in [2.75, 3.05) is 6.26 Å². The molecule has 0 radical (unpaired) electrons. The maximum atomic E-state index is 10.6. The fraction of sp³-hybridized carbons (Fsp3) is 0.167. The maximum Gasteiger partial charge on any atom is 0.264 e. The molecule has 0 bridgehead atoms. The van der Waals surface area contributed by atoms with Crippen molar-refractivity contribution in [2.45, 2.75) is 20.5 Å². The summed E-state index contributed by atoms with van der Waals surface area (Å²) < 4.78 is 25.8. The van der Waals surface area contributed by atoms with Crippen molar-refractivity contribution in [2.24, 2.45) is 0 Å². The fourth-order valence-corrected chi connectivity index (χ4v) is 3.66. The van der Waals surface area contributed by atoms with Crippen molar-refractivity contribution in [3.63, 3.8) is 0 Å². The summed E-state index contributed by atoms with van der Waals surface area (Å²) in [6.07, 6.45) is 1.04. The van der Waals surface area contributed by atoms with Crippen LogP contribution in [0.25, 0.3) is 21.5 Å². The molecule has 0 amide bonds. The number of rotatable bonds is 3. The Hall–Kier alpha value is -2.69. The first-order valence-electron chi connectivity index (χ1n) is 9.12. The van der Waals surface area contributed by atoms with E-state index in [1.54, 1.807) is 0 Å². The molecular weight excluding hydrogens is 368 g/mol. The van der Waals surface area contributed by atoms with Gasteiger partial charge in [0.1, 0.15) is 0 Å². The van der Waals surface area contributed by atoms with Crippen molar-refractivity contribution in [3.8, 4) is 0 Å². The van der Waals surface area contributed by atoms with E-state index in [0.29, 0.717) is 0 Å². The van der Waals surface area contributed by atoms with Crippen LogP contribution in [0, 0.1) is 13.8 Å². The lowest BCUT2D eigenvalue weighted by atomic mass is 9.93. The molecule has 0 spiro atoms. The minimum absolute atomic E-state index is 0.111. The Morgan fingerprint density at radius 3 is 1.36 bits per heavy atom. The van der Waals surface area contributed by atoms with E-state index in [0.717, 1.165) is 11.8 Å². The first-order chi connectivity index (χ1) is 13.4. The first-order valence-corrected chi connectivity index (χ1v) is 10.9. The lowest BCUT2D eigenvalue weighted by Gasteiger charge is -2.11. The molecule has 0 heterocycles. The number of aryl methyl sites for hydroxylation is 2. The zero-order valence-corrected chi connectivity index (χ0v) is 17.2. The molecule has 0 atom stereocenters. The van der Waals surface area contributed by atoms with E-state index in [-0.39, 0.29) is 6.61 Å². The van der Waals surface area contributed by atoms with Crippen LogP contribution in [0.2, 0.25) is 0 Å². The Bertz CT molecular complexity index is 1080. The predicted octanol–water partition coefficient (Wildman–Crippen LogP) is 5.77. The van der Waals surface area contributed by atoms with Gasteiger partial charge in [-0.3, -0.25) is 4.18 Å². The van der Waals surface area contributed by atoms with Gasteiger partial charge in [0.15, 0.2) is 0 Å². The van der Waals surface area contributed by atoms with Gasteiger partial charge in [-0.2, -0.15) is 8.42 Å². The molecule has 4 heteroatoms. The van der Waals surface area contributed by atoms with Crippen LogP contribution in [0.1, 0.15) is 16.7 Å². The van der Waals surface area contributed by atoms with E-state index in [4.69, 9.17) is 0 Å². The van der Waals surface area contributed by atoms with Crippen LogP contribution in [0.3, 0.4) is 0 Å². The number of hydrogen-bond acceptors (Lipinski definition) is 3. The summed E-state index contributed by atoms with van der Waals surface area (Å²) in [7, 11) is -3.32. The molecule has 0 aliphatic rings. The Morgan fingerprint density at radius 2 is 1.00 bits per heavy atom. The second kappa shape index (κ2) is 8.55. The van der Waals surface area contributed by atoms with Gasteiger partial charge in [-0.15, -0.1) is 0 Å². The quantitative estimate of drug-likeness (QED) is 0.328. The summed E-state index contributed by atoms with van der Waals surface area (Å²) in [5.74, 6) is 0. The lowest BCUT2D eigenvalue weighted by molar-refractivity contribution is 0.311. The Kier molecular flexibility index (Phi) is 6.12. The van der Waals surface area contributed by atoms with Crippen LogP contribution in [-0.2, 0) is 20.9 Å². The molecule has 0 unspecified atom stereocenters. The molecule has 4 aromatic carbocycles. The van der Waals surface area contributed by atoms with Gasteiger partial charge in [0.05, 0.1) is 12.9 Å². The van der Waals surface area contributed by atoms with Crippen LogP contribution in [0.4, 0.5) is 0 Å². The molecule has 0 fully saturated rings. The van der Waals surface area contributed by atoms with Crippen molar-refractivity contribution in [1.82, 2.24) is 0 Å². The third-order valence-corrected chi connectivity index (χ3v) is 5.30. The number of fused-ring (bicyclic) bond motifs is 2. The van der Waals surface area contributed by atoms with Gasteiger partial charge in [-0.1, -0.05) is 78.9 Å². The average Bonchev–Trinajstić information content (AvgIpc) is 2.71. The predicted molar refractivity (Wildman–Crippen MR) is 117 cm³/mol. The molecular formula is C24H24O3S. The Labute approximate surface area is 166 Å². The van der Waals surface area contributed by atoms with Crippen LogP contribution in [0.15, 0.2) is 78.9 Å². The van der Waals surface area contributed by atoms with E-state index in [1.807, 2.05) is 30.3 Å². The fourth-order valence-electron chi connectivity index (χ4n) is 3.31. The van der Waals surface area contributed by atoms with Gasteiger partial charge in [0.2, 0.25) is 0 Å². The van der Waals surface area contributed by atoms with Crippen molar-refractivity contribution in [3.05, 3.63) is 95.6 Å². The molecule has 3 nitrogen and oxygen atoms in total. The summed E-state index contributed by atoms with van der Waals surface area (Å²) >= 11 is 0. The van der Waals surface area contributed by atoms with Crippen LogP contribution < -0.4 is 0 Å². The van der Waals surface area contributed by atoms with Crippen LogP contribution >= 0.6 is 0 Å². The SMILES string of the molecule is CS(=O)(=O)OCc1ccccc1.Cc1c2ccccc2c(C)c2ccccc12. The number of hydrogen-bond donors (Lipinski definition) is 0. The highest BCUT2D eigenvalue weighted by molar-refractivity contribution is 7.85. The maximum absolute atomic E-state index is 10.6. The largest absolute Gasteiger partial charge is 0.265 e. The first kappa shape index (κ1) is 20.1. The Morgan fingerprint density at radius 1 is 0.643 bits per heavy atom. The smallest absolute Gasteiger partial charge is 0.264 e. The van der Waals surface area contributed by atoms with Gasteiger partial charge in [-0.25, -0.2) is 0 Å². The van der Waals surface area contributed by atoms with Crippen molar-refractivity contribution in [1.29, 1.82) is 0 Å². The summed E-state index contributed by atoms with van der Waals surface area (Å²) in [4.78, 5) is 0. The average molecular weight is 393 g/mol. The van der Waals surface area contributed by atoms with Gasteiger partial charge >= 0.3 is 0 Å². The van der Waals surface area contributed by atoms with E-state index in [1.165, 1.54) is 32.7 Å². The third-order valence-electron chi connectivity index (χ3n) is 4.75. The van der Waals surface area contributed by atoms with Crippen molar-refractivity contribution >= 4 is 31.7 Å². The van der Waals surface area contributed by atoms with Crippen molar-refractivity contribution < 1.29 is 12.6 Å². The molecule has 28 heavy (non-hydrogen) atoms. The minimum atomic E-state index is -3.32. The summed E-state index contributed by atoms with van der Waals surface area (Å²) in [5.41, 5.74) is 3.62. The van der Waals surface area contributed by atoms with E-state index in [9.17, 15) is 8.42 Å². The Balaban J connectivity index is 0.000000169. The number of benzene rings is 4. The van der Waals surface area contributed by atoms with Gasteiger partial charge in [-0.05, 0) is 52.1 Å². The van der Waals surface area contributed by atoms with E-state index in [2.05, 4.69) is 66.6 Å². The van der Waals surface area contributed by atoms with Gasteiger partial charge < -0.3 is 0 Å². The summed E-state index contributed by atoms with van der Waals surface area (Å²) in [6.45, 7) is 4.54. The highest BCUT2D eigenvalue weighted by Gasteiger charge is 2.06. The molecule has 4 rings (SSSR count). The normalized spacial score (nSPS) is 11.2. The summed E-state index contributed by atoms with van der Waals surface area (Å²) in [5, 5.41) is 5.50. The second-order valence-electron chi connectivity index (χ2n) is 6.79. The standard InChI is InChI=1S/C16H14.C8H10O3S/c1-11-13-7-3-5-9-15(13)12(2)16-10-6-4-8-14(11)16;1-12(9,10)11-7-8-5-3-2-4-6-8/h3-10H,1-2H3;2-6H,7H2,1H3. The molecule has 0 saturated heterocycles. The van der Waals surface area contributed by atoms with E-state index >= 15 is 0 Å². The highest BCUT2D eigenvalue weighted by Crippen LogP contribution is 2.31. The molecule has 0 saturated carbocycles. The molecule has 0 aromatic heterocycles. The monoisotopic (exact) mass is 392 g/mol. The summed E-state index contributed by atoms with van der Waals surface area (Å²) in [6, 6.07) is 26.5. The lowest BCUT2D eigenvalue weighted by Crippen LogP contribution is -2.02. The molecule has 0 aliphatic carbocycles. The van der Waals surface area contributed by atoms with Gasteiger partial charge in [0, 0.05) is 0 Å². The zero-order valence-electron chi connectivity index (χ0n) is 16.3.